The van der Waals surface area contributed by atoms with Gasteiger partial charge in [0.15, 0.2) is 5.69 Å². The molecule has 0 aromatic carbocycles. The molecule has 2 aliphatic heterocycles. The lowest BCUT2D eigenvalue weighted by molar-refractivity contribution is -0.142. The first-order valence-corrected chi connectivity index (χ1v) is 12.9. The summed E-state index contributed by atoms with van der Waals surface area (Å²) in [5.41, 5.74) is -0.427. The molecule has 220 valence electrons. The van der Waals surface area contributed by atoms with Crippen molar-refractivity contribution in [1.29, 1.82) is 0 Å². The first-order valence-electron chi connectivity index (χ1n) is 12.9. The van der Waals surface area contributed by atoms with Crippen LogP contribution in [0.15, 0.2) is 36.8 Å². The lowest BCUT2D eigenvalue weighted by Gasteiger charge is -2.47. The summed E-state index contributed by atoms with van der Waals surface area (Å²) in [6.45, 7) is 0.439. The number of anilines is 1. The topological polar surface area (TPSA) is 121 Å². The van der Waals surface area contributed by atoms with Crippen LogP contribution in [0.5, 0.6) is 0 Å². The van der Waals surface area contributed by atoms with Crippen LogP contribution in [0.2, 0.25) is 0 Å². The average Bonchev–Trinajstić information content (AvgIpc) is 3.54. The summed E-state index contributed by atoms with van der Waals surface area (Å²) >= 11 is 0. The van der Waals surface area contributed by atoms with Gasteiger partial charge in [0.25, 0.3) is 12.3 Å². The number of aliphatic hydroxyl groups is 1. The number of rotatable bonds is 8. The van der Waals surface area contributed by atoms with Crippen LogP contribution >= 0.6 is 0 Å². The van der Waals surface area contributed by atoms with E-state index in [1.807, 2.05) is 0 Å². The molecule has 5 rings (SSSR count). The van der Waals surface area contributed by atoms with Gasteiger partial charge in [0.05, 0.1) is 23.6 Å². The summed E-state index contributed by atoms with van der Waals surface area (Å²) in [4.78, 5) is 32.6. The van der Waals surface area contributed by atoms with E-state index in [0.717, 1.165) is 19.0 Å². The quantitative estimate of drug-likeness (QED) is 0.392. The summed E-state index contributed by atoms with van der Waals surface area (Å²) in [7, 11) is 0. The number of piperidine rings is 1. The van der Waals surface area contributed by atoms with E-state index in [9.17, 15) is 31.5 Å². The number of nitrogens with one attached hydrogen (secondary N) is 1. The molecule has 0 saturated carbocycles. The van der Waals surface area contributed by atoms with Crippen molar-refractivity contribution in [2.75, 3.05) is 38.1 Å². The van der Waals surface area contributed by atoms with E-state index in [0.29, 0.717) is 30.9 Å². The zero-order valence-electron chi connectivity index (χ0n) is 21.6. The fourth-order valence-electron chi connectivity index (χ4n) is 5.06. The molecule has 11 nitrogen and oxygen atoms in total. The Balaban J connectivity index is 1.22. The Bertz CT molecular complexity index is 1390. The minimum absolute atomic E-state index is 0.125. The fourth-order valence-corrected chi connectivity index (χ4v) is 5.06. The highest BCUT2D eigenvalue weighted by Gasteiger charge is 2.37. The van der Waals surface area contributed by atoms with Crippen molar-refractivity contribution in [3.8, 4) is 11.3 Å². The van der Waals surface area contributed by atoms with Crippen LogP contribution < -0.4 is 5.32 Å². The van der Waals surface area contributed by atoms with E-state index in [1.54, 1.807) is 4.90 Å². The molecule has 0 atom stereocenters. The van der Waals surface area contributed by atoms with Gasteiger partial charge in [-0.1, -0.05) is 6.07 Å². The molecule has 2 N–H and O–H groups in total. The Morgan fingerprint density at radius 1 is 1.10 bits per heavy atom. The largest absolute Gasteiger partial charge is 0.408 e. The Labute approximate surface area is 230 Å². The maximum Gasteiger partial charge on any atom is 0.408 e. The lowest BCUT2D eigenvalue weighted by Crippen LogP contribution is -2.56. The average molecular weight is 583 g/mol. The smallest absolute Gasteiger partial charge is 0.387 e. The van der Waals surface area contributed by atoms with Gasteiger partial charge in [0.1, 0.15) is 18.8 Å². The molecular weight excluding hydrogens is 555 g/mol. The van der Waals surface area contributed by atoms with Crippen molar-refractivity contribution in [2.24, 2.45) is 0 Å². The molecule has 0 aliphatic carbocycles. The van der Waals surface area contributed by atoms with Crippen LogP contribution in [0.3, 0.4) is 0 Å². The van der Waals surface area contributed by atoms with Crippen LogP contribution in [0, 0.1) is 0 Å². The van der Waals surface area contributed by atoms with E-state index in [2.05, 4.69) is 25.4 Å². The van der Waals surface area contributed by atoms with Crippen LogP contribution in [0.4, 0.5) is 27.6 Å². The minimum Gasteiger partial charge on any atom is -0.387 e. The molecule has 41 heavy (non-hydrogen) atoms. The summed E-state index contributed by atoms with van der Waals surface area (Å²) in [6.07, 6.45) is -2.22. The van der Waals surface area contributed by atoms with Crippen LogP contribution in [0.25, 0.3) is 11.3 Å². The molecule has 3 aromatic rings. The first-order chi connectivity index (χ1) is 19.5. The van der Waals surface area contributed by atoms with Gasteiger partial charge in [-0.3, -0.25) is 23.9 Å². The Morgan fingerprint density at radius 2 is 1.83 bits per heavy atom. The molecule has 2 aliphatic rings. The number of nitrogens with zero attached hydrogens (tertiary/aromatic N) is 7. The molecule has 0 bridgehead atoms. The van der Waals surface area contributed by atoms with E-state index in [-0.39, 0.29) is 40.6 Å². The number of carbonyl (C=O) groups excluding carboxylic acids is 2. The molecule has 0 unspecified atom stereocenters. The maximum atomic E-state index is 13.8. The normalized spacial score (nSPS) is 17.2. The minimum atomic E-state index is -4.46. The van der Waals surface area contributed by atoms with Gasteiger partial charge in [-0.05, 0) is 25.0 Å². The third-order valence-corrected chi connectivity index (χ3v) is 7.20. The highest BCUT2D eigenvalue weighted by atomic mass is 19.4. The standard InChI is InChI=1S/C25H27F5N8O3/c26-23(27)22-20(12-38(34-22)17-10-36(11-17)16-4-6-35(7-5-16)21(40)13-39)33-24(41)19-3-1-2-18(32-19)15-8-31-37(9-15)14-25(28,29)30/h1-3,8-9,12,16-17,23,39H,4-7,10-11,13-14H2,(H,33,41). The Kier molecular flexibility index (Phi) is 8.04. The number of carbonyl (C=O) groups is 2. The van der Waals surface area contributed by atoms with Gasteiger partial charge in [0.2, 0.25) is 5.91 Å². The van der Waals surface area contributed by atoms with E-state index in [1.165, 1.54) is 35.3 Å². The van der Waals surface area contributed by atoms with Crippen molar-refractivity contribution in [2.45, 2.75) is 44.1 Å². The molecule has 16 heteroatoms. The van der Waals surface area contributed by atoms with Crippen molar-refractivity contribution in [3.63, 3.8) is 0 Å². The Hall–Kier alpha value is -3.92. The molecule has 2 fully saturated rings. The third kappa shape index (κ3) is 6.53. The fraction of sp³-hybridized carbons (Fsp3) is 0.480. The predicted octanol–water partition coefficient (Wildman–Crippen LogP) is 2.73. The van der Waals surface area contributed by atoms with E-state index >= 15 is 0 Å². The third-order valence-electron chi connectivity index (χ3n) is 7.20. The predicted molar refractivity (Wildman–Crippen MR) is 134 cm³/mol. The number of likely N-dealkylation sites (tertiary alicyclic amines) is 2. The van der Waals surface area contributed by atoms with Gasteiger partial charge in [0, 0.05) is 50.2 Å². The first kappa shape index (κ1) is 28.6. The summed E-state index contributed by atoms with van der Waals surface area (Å²) in [5.74, 6) is -1.08. The molecule has 2 saturated heterocycles. The van der Waals surface area contributed by atoms with Crippen LogP contribution in [-0.4, -0.2) is 96.3 Å². The molecule has 3 aromatic heterocycles. The highest BCUT2D eigenvalue weighted by molar-refractivity contribution is 6.03. The number of pyridine rings is 1. The maximum absolute atomic E-state index is 13.8. The van der Waals surface area contributed by atoms with Gasteiger partial charge in [-0.2, -0.15) is 23.4 Å². The number of amides is 2. The van der Waals surface area contributed by atoms with E-state index < -0.39 is 37.4 Å². The molecule has 2 amide bonds. The van der Waals surface area contributed by atoms with Gasteiger partial charge >= 0.3 is 6.18 Å². The molecular formula is C25H27F5N8O3. The second kappa shape index (κ2) is 11.5. The van der Waals surface area contributed by atoms with Gasteiger partial charge in [-0.15, -0.1) is 0 Å². The zero-order valence-corrected chi connectivity index (χ0v) is 21.6. The number of hydrogen-bond donors (Lipinski definition) is 2. The van der Waals surface area contributed by atoms with Crippen molar-refractivity contribution >= 4 is 17.5 Å². The highest BCUT2D eigenvalue weighted by Crippen LogP contribution is 2.32. The monoisotopic (exact) mass is 582 g/mol. The van der Waals surface area contributed by atoms with Crippen molar-refractivity contribution in [1.82, 2.24) is 34.3 Å². The van der Waals surface area contributed by atoms with Gasteiger partial charge in [-0.25, -0.2) is 13.8 Å². The number of alkyl halides is 5. The second-order valence-electron chi connectivity index (χ2n) is 9.99. The van der Waals surface area contributed by atoms with Crippen molar-refractivity contribution in [3.05, 3.63) is 48.2 Å². The molecule has 0 radical (unpaired) electrons. The molecule has 0 spiro atoms. The number of aliphatic hydroxyl groups excluding tert-OH is 1. The summed E-state index contributed by atoms with van der Waals surface area (Å²) < 4.78 is 67.6. The number of halogens is 5. The number of aromatic nitrogens is 5. The summed E-state index contributed by atoms with van der Waals surface area (Å²) in [5, 5.41) is 19.2. The zero-order chi connectivity index (χ0) is 29.3. The SMILES string of the molecule is O=C(Nc1cn(C2CN(C3CCN(C(=O)CO)CC3)C2)nc1C(F)F)c1cccc(-c2cnn(CC(F)(F)F)c2)n1. The number of hydrogen-bond acceptors (Lipinski definition) is 7. The molecule has 5 heterocycles. The second-order valence-corrected chi connectivity index (χ2v) is 9.99. The van der Waals surface area contributed by atoms with Gasteiger partial charge < -0.3 is 15.3 Å². The van der Waals surface area contributed by atoms with Crippen LogP contribution in [0.1, 0.15) is 41.5 Å². The summed E-state index contributed by atoms with van der Waals surface area (Å²) in [6, 6.07) is 4.38. The lowest BCUT2D eigenvalue weighted by atomic mass is 9.97. The Morgan fingerprint density at radius 3 is 2.49 bits per heavy atom. The van der Waals surface area contributed by atoms with Crippen molar-refractivity contribution < 1.29 is 36.6 Å². The van der Waals surface area contributed by atoms with E-state index in [4.69, 9.17) is 5.11 Å². The van der Waals surface area contributed by atoms with Crippen LogP contribution in [-0.2, 0) is 11.3 Å².